The van der Waals surface area contributed by atoms with Crippen LogP contribution in [0.15, 0.2) is 0 Å². The lowest BCUT2D eigenvalue weighted by molar-refractivity contribution is -0.154. The Morgan fingerprint density at radius 2 is 2.11 bits per heavy atom. The third-order valence-electron chi connectivity index (χ3n) is 4.07. The highest BCUT2D eigenvalue weighted by molar-refractivity contribution is 5.81. The highest BCUT2D eigenvalue weighted by Gasteiger charge is 2.48. The Labute approximate surface area is 110 Å². The molecule has 0 aromatic heterocycles. The molecule has 0 heterocycles. The zero-order valence-electron chi connectivity index (χ0n) is 12.1. The van der Waals surface area contributed by atoms with E-state index in [0.29, 0.717) is 25.0 Å². The van der Waals surface area contributed by atoms with Crippen molar-refractivity contribution in [1.82, 2.24) is 5.32 Å². The molecule has 0 saturated heterocycles. The Hall–Kier alpha value is -0.610. The fourth-order valence-electron chi connectivity index (χ4n) is 3.21. The zero-order valence-corrected chi connectivity index (χ0v) is 12.1. The Morgan fingerprint density at radius 1 is 1.39 bits per heavy atom. The smallest absolute Gasteiger partial charge is 0.326 e. The number of carbonyl (C=O) groups is 1. The maximum Gasteiger partial charge on any atom is 0.326 e. The molecule has 0 aromatic rings. The summed E-state index contributed by atoms with van der Waals surface area (Å²) in [6, 6.07) is 0. The Kier molecular flexibility index (Phi) is 6.09. The van der Waals surface area contributed by atoms with Crippen LogP contribution in [0.2, 0.25) is 0 Å². The minimum absolute atomic E-state index is 0.114. The lowest BCUT2D eigenvalue weighted by Crippen LogP contribution is -2.61. The first-order valence-electron chi connectivity index (χ1n) is 6.91. The fourth-order valence-corrected chi connectivity index (χ4v) is 3.21. The second-order valence-electron chi connectivity index (χ2n) is 5.48. The first kappa shape index (κ1) is 15.4. The minimum atomic E-state index is -0.514. The molecule has 2 atom stereocenters. The summed E-state index contributed by atoms with van der Waals surface area (Å²) in [5, 5.41) is 3.42. The van der Waals surface area contributed by atoms with Gasteiger partial charge in [0.15, 0.2) is 0 Å². The predicted octanol–water partition coefficient (Wildman–Crippen LogP) is 1.98. The summed E-state index contributed by atoms with van der Waals surface area (Å²) < 4.78 is 10.1. The molecule has 0 amide bonds. The van der Waals surface area contributed by atoms with E-state index < -0.39 is 5.54 Å². The molecule has 2 unspecified atom stereocenters. The molecule has 1 aliphatic rings. The van der Waals surface area contributed by atoms with E-state index >= 15 is 0 Å². The molecule has 18 heavy (non-hydrogen) atoms. The number of methoxy groups -OCH3 is 2. The summed E-state index contributed by atoms with van der Waals surface area (Å²) >= 11 is 0. The van der Waals surface area contributed by atoms with E-state index in [-0.39, 0.29) is 5.97 Å². The van der Waals surface area contributed by atoms with Crippen LogP contribution in [0.1, 0.15) is 39.5 Å². The molecule has 1 rings (SSSR count). The molecule has 1 saturated carbocycles. The molecule has 0 bridgehead atoms. The SMILES string of the molecule is COCCNC1(C(=O)OC)CCCCC1C(C)C. The highest BCUT2D eigenvalue weighted by Crippen LogP contribution is 2.39. The van der Waals surface area contributed by atoms with E-state index in [9.17, 15) is 4.79 Å². The predicted molar refractivity (Wildman–Crippen MR) is 71.4 cm³/mol. The van der Waals surface area contributed by atoms with Crippen molar-refractivity contribution < 1.29 is 14.3 Å². The van der Waals surface area contributed by atoms with Crippen molar-refractivity contribution in [3.05, 3.63) is 0 Å². The number of hydrogen-bond acceptors (Lipinski definition) is 4. The first-order valence-corrected chi connectivity index (χ1v) is 6.91. The number of rotatable bonds is 6. The van der Waals surface area contributed by atoms with Crippen LogP contribution in [-0.4, -0.2) is 38.9 Å². The van der Waals surface area contributed by atoms with Gasteiger partial charge in [0.1, 0.15) is 5.54 Å². The van der Waals surface area contributed by atoms with Crippen LogP contribution in [-0.2, 0) is 14.3 Å². The van der Waals surface area contributed by atoms with Crippen LogP contribution in [0.5, 0.6) is 0 Å². The third-order valence-corrected chi connectivity index (χ3v) is 4.07. The van der Waals surface area contributed by atoms with Gasteiger partial charge in [0.05, 0.1) is 13.7 Å². The van der Waals surface area contributed by atoms with E-state index in [1.54, 1.807) is 7.11 Å². The quantitative estimate of drug-likeness (QED) is 0.584. The number of nitrogens with one attached hydrogen (secondary N) is 1. The Bertz CT molecular complexity index is 268. The van der Waals surface area contributed by atoms with Crippen molar-refractivity contribution in [2.45, 2.75) is 45.1 Å². The second-order valence-corrected chi connectivity index (χ2v) is 5.48. The van der Waals surface area contributed by atoms with Crippen molar-refractivity contribution >= 4 is 5.97 Å². The molecule has 0 aromatic carbocycles. The maximum absolute atomic E-state index is 12.3. The maximum atomic E-state index is 12.3. The van der Waals surface area contributed by atoms with E-state index in [1.807, 2.05) is 0 Å². The van der Waals surface area contributed by atoms with Crippen LogP contribution in [0.4, 0.5) is 0 Å². The Morgan fingerprint density at radius 3 is 2.67 bits per heavy atom. The molecule has 1 aliphatic carbocycles. The van der Waals surface area contributed by atoms with Gasteiger partial charge in [-0.3, -0.25) is 10.1 Å². The van der Waals surface area contributed by atoms with Gasteiger partial charge in [-0.2, -0.15) is 0 Å². The first-order chi connectivity index (χ1) is 8.58. The standard InChI is InChI=1S/C14H27NO3/c1-11(2)12-7-5-6-8-14(12,13(16)18-4)15-9-10-17-3/h11-12,15H,5-10H2,1-4H3. The van der Waals surface area contributed by atoms with Crippen molar-refractivity contribution in [3.8, 4) is 0 Å². The number of ether oxygens (including phenoxy) is 2. The van der Waals surface area contributed by atoms with Gasteiger partial charge in [0, 0.05) is 13.7 Å². The highest BCUT2D eigenvalue weighted by atomic mass is 16.5. The lowest BCUT2D eigenvalue weighted by atomic mass is 9.67. The van der Waals surface area contributed by atoms with Crippen LogP contribution in [0, 0.1) is 11.8 Å². The molecule has 0 aliphatic heterocycles. The molecule has 1 fully saturated rings. The molecule has 4 nitrogen and oxygen atoms in total. The molecular weight excluding hydrogens is 230 g/mol. The summed E-state index contributed by atoms with van der Waals surface area (Å²) in [5.74, 6) is 0.701. The van der Waals surface area contributed by atoms with Gasteiger partial charge < -0.3 is 9.47 Å². The van der Waals surface area contributed by atoms with Crippen molar-refractivity contribution in [1.29, 1.82) is 0 Å². The summed E-state index contributed by atoms with van der Waals surface area (Å²) in [6.07, 6.45) is 4.24. The summed E-state index contributed by atoms with van der Waals surface area (Å²) in [6.45, 7) is 5.68. The van der Waals surface area contributed by atoms with Crippen molar-refractivity contribution in [2.24, 2.45) is 11.8 Å². The molecular formula is C14H27NO3. The molecule has 4 heteroatoms. The largest absolute Gasteiger partial charge is 0.468 e. The van der Waals surface area contributed by atoms with Crippen LogP contribution in [0.25, 0.3) is 0 Å². The van der Waals surface area contributed by atoms with Gasteiger partial charge >= 0.3 is 5.97 Å². The van der Waals surface area contributed by atoms with Crippen molar-refractivity contribution in [3.63, 3.8) is 0 Å². The van der Waals surface area contributed by atoms with Crippen molar-refractivity contribution in [2.75, 3.05) is 27.4 Å². The van der Waals surface area contributed by atoms with Crippen LogP contribution >= 0.6 is 0 Å². The monoisotopic (exact) mass is 257 g/mol. The van der Waals surface area contributed by atoms with Gasteiger partial charge in [-0.05, 0) is 24.7 Å². The van der Waals surface area contributed by atoms with E-state index in [2.05, 4.69) is 19.2 Å². The third kappa shape index (κ3) is 3.23. The van der Waals surface area contributed by atoms with Crippen LogP contribution in [0.3, 0.4) is 0 Å². The molecule has 1 N–H and O–H groups in total. The van der Waals surface area contributed by atoms with Gasteiger partial charge in [0.2, 0.25) is 0 Å². The van der Waals surface area contributed by atoms with E-state index in [1.165, 1.54) is 13.5 Å². The minimum Gasteiger partial charge on any atom is -0.468 e. The summed E-state index contributed by atoms with van der Waals surface area (Å²) in [5.41, 5.74) is -0.514. The number of hydrogen-bond donors (Lipinski definition) is 1. The normalized spacial score (nSPS) is 28.4. The fraction of sp³-hybridized carbons (Fsp3) is 0.929. The van der Waals surface area contributed by atoms with Gasteiger partial charge in [-0.25, -0.2) is 0 Å². The molecule has 0 spiro atoms. The summed E-state index contributed by atoms with van der Waals surface area (Å²) in [7, 11) is 3.15. The van der Waals surface area contributed by atoms with Gasteiger partial charge in [-0.1, -0.05) is 26.7 Å². The zero-order chi connectivity index (χ0) is 13.6. The van der Waals surface area contributed by atoms with Gasteiger partial charge in [0.25, 0.3) is 0 Å². The average Bonchev–Trinajstić information content (AvgIpc) is 2.38. The second kappa shape index (κ2) is 7.10. The van der Waals surface area contributed by atoms with Gasteiger partial charge in [-0.15, -0.1) is 0 Å². The lowest BCUT2D eigenvalue weighted by Gasteiger charge is -2.44. The number of carbonyl (C=O) groups excluding carboxylic acids is 1. The molecule has 106 valence electrons. The topological polar surface area (TPSA) is 47.6 Å². The number of esters is 1. The summed E-state index contributed by atoms with van der Waals surface area (Å²) in [4.78, 5) is 12.3. The molecule has 0 radical (unpaired) electrons. The average molecular weight is 257 g/mol. The van der Waals surface area contributed by atoms with Crippen LogP contribution < -0.4 is 5.32 Å². The van der Waals surface area contributed by atoms with E-state index in [4.69, 9.17) is 9.47 Å². The Balaban J connectivity index is 2.87. The van der Waals surface area contributed by atoms with E-state index in [0.717, 1.165) is 19.3 Å².